The van der Waals surface area contributed by atoms with Gasteiger partial charge in [-0.15, -0.1) is 0 Å². The third-order valence-electron chi connectivity index (χ3n) is 2.96. The molecule has 0 bridgehead atoms. The van der Waals surface area contributed by atoms with Gasteiger partial charge in [0.25, 0.3) is 0 Å². The normalized spacial score (nSPS) is 10.3. The maximum atomic E-state index is 11.3. The van der Waals surface area contributed by atoms with Crippen LogP contribution < -0.4 is 9.64 Å². The van der Waals surface area contributed by atoms with Crippen molar-refractivity contribution in [3.05, 3.63) is 45.4 Å². The summed E-state index contributed by atoms with van der Waals surface area (Å²) in [6.07, 6.45) is 0. The van der Waals surface area contributed by atoms with Crippen LogP contribution in [0, 0.1) is 17.0 Å². The molecule has 0 aliphatic carbocycles. The second-order valence-electron chi connectivity index (χ2n) is 4.24. The number of rotatable bonds is 4. The summed E-state index contributed by atoms with van der Waals surface area (Å²) >= 11 is 5.83. The molecule has 110 valence electrons. The number of halogens is 1. The molecule has 2 rings (SSSR count). The summed E-state index contributed by atoms with van der Waals surface area (Å²) in [6.45, 7) is 1.52. The van der Waals surface area contributed by atoms with Gasteiger partial charge in [0.05, 0.1) is 17.7 Å². The summed E-state index contributed by atoms with van der Waals surface area (Å²) in [5, 5.41) is 11.2. The van der Waals surface area contributed by atoms with E-state index in [-0.39, 0.29) is 22.5 Å². The summed E-state index contributed by atoms with van der Waals surface area (Å²) in [7, 11) is 3.18. The van der Waals surface area contributed by atoms with E-state index in [0.717, 1.165) is 0 Å². The molecule has 0 atom stereocenters. The Bertz CT molecular complexity index is 693. The number of para-hydroxylation sites is 2. The van der Waals surface area contributed by atoms with Crippen LogP contribution in [0.2, 0.25) is 5.28 Å². The van der Waals surface area contributed by atoms with Crippen molar-refractivity contribution in [3.8, 4) is 5.75 Å². The fourth-order valence-electron chi connectivity index (χ4n) is 1.99. The van der Waals surface area contributed by atoms with Crippen molar-refractivity contribution in [2.45, 2.75) is 6.92 Å². The molecule has 21 heavy (non-hydrogen) atoms. The molecule has 1 aromatic heterocycles. The van der Waals surface area contributed by atoms with Gasteiger partial charge in [-0.3, -0.25) is 10.1 Å². The van der Waals surface area contributed by atoms with E-state index < -0.39 is 4.92 Å². The topological polar surface area (TPSA) is 81.4 Å². The average molecular weight is 309 g/mol. The molecular weight excluding hydrogens is 296 g/mol. The number of nitrogens with zero attached hydrogens (tertiary/aromatic N) is 4. The fraction of sp³-hybridized carbons (Fsp3) is 0.231. The van der Waals surface area contributed by atoms with E-state index in [1.165, 1.54) is 14.0 Å². The number of aryl methyl sites for hydroxylation is 1. The summed E-state index contributed by atoms with van der Waals surface area (Å²) in [5.74, 6) is 0.684. The number of hydrogen-bond donors (Lipinski definition) is 0. The lowest BCUT2D eigenvalue weighted by atomic mass is 10.2. The number of ether oxygens (including phenoxy) is 1. The van der Waals surface area contributed by atoms with Crippen LogP contribution >= 0.6 is 11.6 Å². The second-order valence-corrected chi connectivity index (χ2v) is 4.58. The molecule has 0 amide bonds. The van der Waals surface area contributed by atoms with Crippen LogP contribution in [-0.2, 0) is 0 Å². The van der Waals surface area contributed by atoms with Gasteiger partial charge in [0, 0.05) is 7.05 Å². The van der Waals surface area contributed by atoms with Crippen molar-refractivity contribution in [2.75, 3.05) is 19.1 Å². The zero-order chi connectivity index (χ0) is 15.6. The lowest BCUT2D eigenvalue weighted by Gasteiger charge is -2.20. The van der Waals surface area contributed by atoms with Gasteiger partial charge in [0.15, 0.2) is 0 Å². The molecule has 0 unspecified atom stereocenters. The minimum absolute atomic E-state index is 0.0464. The van der Waals surface area contributed by atoms with Crippen molar-refractivity contribution in [2.24, 2.45) is 0 Å². The molecule has 1 aromatic carbocycles. The van der Waals surface area contributed by atoms with E-state index in [2.05, 4.69) is 9.97 Å². The molecule has 8 heteroatoms. The highest BCUT2D eigenvalue weighted by Crippen LogP contribution is 2.37. The maximum absolute atomic E-state index is 11.3. The SMILES string of the molecule is COc1ccccc1N(C)c1nc(Cl)nc(C)c1[N+](=O)[O-]. The van der Waals surface area contributed by atoms with E-state index in [1.807, 2.05) is 6.07 Å². The Morgan fingerprint density at radius 2 is 2.00 bits per heavy atom. The lowest BCUT2D eigenvalue weighted by molar-refractivity contribution is -0.385. The first-order valence-corrected chi connectivity index (χ1v) is 6.38. The Morgan fingerprint density at radius 1 is 1.33 bits per heavy atom. The van der Waals surface area contributed by atoms with Crippen LogP contribution in [0.4, 0.5) is 17.2 Å². The van der Waals surface area contributed by atoms with E-state index >= 15 is 0 Å². The van der Waals surface area contributed by atoms with Crippen LogP contribution in [0.5, 0.6) is 5.75 Å². The highest BCUT2D eigenvalue weighted by Gasteiger charge is 2.26. The molecule has 2 aromatic rings. The van der Waals surface area contributed by atoms with Crippen molar-refractivity contribution >= 4 is 28.8 Å². The first kappa shape index (κ1) is 15.0. The third-order valence-corrected chi connectivity index (χ3v) is 3.13. The Morgan fingerprint density at radius 3 is 2.62 bits per heavy atom. The molecule has 0 aliphatic heterocycles. The van der Waals surface area contributed by atoms with Gasteiger partial charge < -0.3 is 9.64 Å². The van der Waals surface area contributed by atoms with Crippen molar-refractivity contribution < 1.29 is 9.66 Å². The number of anilines is 2. The molecule has 0 spiro atoms. The zero-order valence-electron chi connectivity index (χ0n) is 11.7. The van der Waals surface area contributed by atoms with Gasteiger partial charge in [-0.1, -0.05) is 12.1 Å². The first-order chi connectivity index (χ1) is 9.95. The third kappa shape index (κ3) is 2.87. The Hall–Kier alpha value is -2.41. The molecule has 0 radical (unpaired) electrons. The average Bonchev–Trinajstić information content (AvgIpc) is 2.45. The van der Waals surface area contributed by atoms with Crippen LogP contribution in [-0.4, -0.2) is 29.0 Å². The Balaban J connectivity index is 2.63. The molecule has 0 aliphatic rings. The molecule has 0 saturated heterocycles. The maximum Gasteiger partial charge on any atom is 0.333 e. The minimum atomic E-state index is -0.521. The van der Waals surface area contributed by atoms with Crippen LogP contribution in [0.25, 0.3) is 0 Å². The van der Waals surface area contributed by atoms with E-state index in [0.29, 0.717) is 11.4 Å². The molecule has 0 fully saturated rings. The standard InChI is InChI=1S/C13H13ClN4O3/c1-8-11(18(19)20)12(16-13(14)15-8)17(2)9-6-4-5-7-10(9)21-3/h4-7H,1-3H3. The van der Waals surface area contributed by atoms with Crippen LogP contribution in [0.1, 0.15) is 5.69 Å². The monoisotopic (exact) mass is 308 g/mol. The summed E-state index contributed by atoms with van der Waals surface area (Å²) in [6, 6.07) is 7.14. The van der Waals surface area contributed by atoms with Gasteiger partial charge in [-0.2, -0.15) is 4.98 Å². The number of aromatic nitrogens is 2. The van der Waals surface area contributed by atoms with Gasteiger partial charge in [-0.25, -0.2) is 4.98 Å². The van der Waals surface area contributed by atoms with Gasteiger partial charge in [0.1, 0.15) is 11.4 Å². The highest BCUT2D eigenvalue weighted by atomic mass is 35.5. The van der Waals surface area contributed by atoms with Crippen LogP contribution in [0.15, 0.2) is 24.3 Å². The molecule has 0 saturated carbocycles. The second kappa shape index (κ2) is 5.92. The minimum Gasteiger partial charge on any atom is -0.495 e. The predicted molar refractivity (Wildman–Crippen MR) is 79.5 cm³/mol. The van der Waals surface area contributed by atoms with Crippen molar-refractivity contribution in [1.82, 2.24) is 9.97 Å². The Labute approximate surface area is 126 Å². The highest BCUT2D eigenvalue weighted by molar-refractivity contribution is 6.28. The molecule has 0 N–H and O–H groups in total. The van der Waals surface area contributed by atoms with Gasteiger partial charge in [0.2, 0.25) is 11.1 Å². The number of nitro groups is 1. The van der Waals surface area contributed by atoms with E-state index in [1.54, 1.807) is 30.1 Å². The number of methoxy groups -OCH3 is 1. The summed E-state index contributed by atoms with van der Waals surface area (Å²) in [5.41, 5.74) is 0.654. The molecule has 1 heterocycles. The quantitative estimate of drug-likeness (QED) is 0.490. The molecular formula is C13H13ClN4O3. The van der Waals surface area contributed by atoms with E-state index in [4.69, 9.17) is 16.3 Å². The van der Waals surface area contributed by atoms with Crippen LogP contribution in [0.3, 0.4) is 0 Å². The smallest absolute Gasteiger partial charge is 0.333 e. The number of hydrogen-bond acceptors (Lipinski definition) is 6. The van der Waals surface area contributed by atoms with Crippen molar-refractivity contribution in [1.29, 1.82) is 0 Å². The Kier molecular flexibility index (Phi) is 4.23. The van der Waals surface area contributed by atoms with Gasteiger partial charge >= 0.3 is 5.69 Å². The number of benzene rings is 1. The zero-order valence-corrected chi connectivity index (χ0v) is 12.5. The summed E-state index contributed by atoms with van der Waals surface area (Å²) in [4.78, 5) is 20.1. The lowest BCUT2D eigenvalue weighted by Crippen LogP contribution is -2.15. The largest absolute Gasteiger partial charge is 0.495 e. The van der Waals surface area contributed by atoms with Gasteiger partial charge in [-0.05, 0) is 30.7 Å². The summed E-state index contributed by atoms with van der Waals surface area (Å²) < 4.78 is 5.26. The van der Waals surface area contributed by atoms with Crippen molar-refractivity contribution in [3.63, 3.8) is 0 Å². The molecule has 7 nitrogen and oxygen atoms in total. The first-order valence-electron chi connectivity index (χ1n) is 6.01. The van der Waals surface area contributed by atoms with E-state index in [9.17, 15) is 10.1 Å². The predicted octanol–water partition coefficient (Wildman–Crippen LogP) is 3.12. The fourth-order valence-corrected chi connectivity index (χ4v) is 2.19.